The van der Waals surface area contributed by atoms with E-state index in [9.17, 15) is 4.79 Å². The summed E-state index contributed by atoms with van der Waals surface area (Å²) in [6, 6.07) is 0.148. The van der Waals surface area contributed by atoms with Crippen molar-refractivity contribution in [1.82, 2.24) is 4.90 Å². The highest BCUT2D eigenvalue weighted by Gasteiger charge is 2.33. The van der Waals surface area contributed by atoms with Crippen molar-refractivity contribution in [3.8, 4) is 0 Å². The average molecular weight is 214 g/mol. The van der Waals surface area contributed by atoms with Gasteiger partial charge in [-0.1, -0.05) is 13.3 Å². The lowest BCUT2D eigenvalue weighted by Crippen LogP contribution is -2.45. The van der Waals surface area contributed by atoms with Crippen LogP contribution >= 0.6 is 0 Å². The van der Waals surface area contributed by atoms with E-state index in [-0.39, 0.29) is 30.4 Å². The number of carbonyl (C=O) groups excluding carboxylic acids is 1. The minimum Gasteiger partial charge on any atom is -0.395 e. The minimum absolute atomic E-state index is 0.0232. The molecule has 15 heavy (non-hydrogen) atoms. The van der Waals surface area contributed by atoms with Gasteiger partial charge in [-0.05, 0) is 18.8 Å². The van der Waals surface area contributed by atoms with Gasteiger partial charge < -0.3 is 15.7 Å². The quantitative estimate of drug-likeness (QED) is 0.705. The molecule has 0 aromatic carbocycles. The van der Waals surface area contributed by atoms with E-state index < -0.39 is 0 Å². The SMILES string of the molecule is CC1C(N)CCCC1C(=O)N(C)CCO. The van der Waals surface area contributed by atoms with E-state index in [0.29, 0.717) is 6.54 Å². The molecule has 1 saturated carbocycles. The normalized spacial score (nSPS) is 31.3. The maximum Gasteiger partial charge on any atom is 0.225 e. The summed E-state index contributed by atoms with van der Waals surface area (Å²) in [6.07, 6.45) is 2.99. The first kappa shape index (κ1) is 12.5. The molecule has 3 N–H and O–H groups in total. The van der Waals surface area contributed by atoms with Crippen LogP contribution in [-0.2, 0) is 4.79 Å². The lowest BCUT2D eigenvalue weighted by atomic mass is 9.76. The van der Waals surface area contributed by atoms with Crippen LogP contribution in [0.25, 0.3) is 0 Å². The Bertz CT molecular complexity index is 221. The summed E-state index contributed by atoms with van der Waals surface area (Å²) in [5.74, 6) is 0.435. The molecule has 1 fully saturated rings. The first-order chi connectivity index (χ1) is 7.07. The summed E-state index contributed by atoms with van der Waals surface area (Å²) in [6.45, 7) is 2.49. The second-order valence-electron chi connectivity index (χ2n) is 4.54. The zero-order chi connectivity index (χ0) is 11.4. The predicted octanol–water partition coefficient (Wildman–Crippen LogP) is 0.201. The molecule has 4 heteroatoms. The molecular weight excluding hydrogens is 192 g/mol. The van der Waals surface area contributed by atoms with Gasteiger partial charge in [-0.2, -0.15) is 0 Å². The van der Waals surface area contributed by atoms with Gasteiger partial charge in [-0.15, -0.1) is 0 Å². The molecule has 3 unspecified atom stereocenters. The van der Waals surface area contributed by atoms with E-state index in [2.05, 4.69) is 6.92 Å². The van der Waals surface area contributed by atoms with E-state index in [1.807, 2.05) is 0 Å². The summed E-state index contributed by atoms with van der Waals surface area (Å²) in [4.78, 5) is 13.6. The van der Waals surface area contributed by atoms with Crippen molar-refractivity contribution in [2.75, 3.05) is 20.2 Å². The van der Waals surface area contributed by atoms with Crippen LogP contribution in [0.5, 0.6) is 0 Å². The summed E-state index contributed by atoms with van der Waals surface area (Å²) in [7, 11) is 1.74. The van der Waals surface area contributed by atoms with Crippen LogP contribution in [0.4, 0.5) is 0 Å². The van der Waals surface area contributed by atoms with Crippen LogP contribution in [0.3, 0.4) is 0 Å². The van der Waals surface area contributed by atoms with Gasteiger partial charge in [0.1, 0.15) is 0 Å². The molecule has 0 saturated heterocycles. The van der Waals surface area contributed by atoms with Crippen molar-refractivity contribution < 1.29 is 9.90 Å². The highest BCUT2D eigenvalue weighted by atomic mass is 16.3. The molecule has 1 aliphatic carbocycles. The van der Waals surface area contributed by atoms with Gasteiger partial charge in [-0.3, -0.25) is 4.79 Å². The van der Waals surface area contributed by atoms with E-state index in [1.165, 1.54) is 0 Å². The number of nitrogens with zero attached hydrogens (tertiary/aromatic N) is 1. The van der Waals surface area contributed by atoms with Crippen molar-refractivity contribution in [1.29, 1.82) is 0 Å². The Morgan fingerprint density at radius 2 is 2.20 bits per heavy atom. The fourth-order valence-corrected chi connectivity index (χ4v) is 2.29. The molecular formula is C11H22N2O2. The van der Waals surface area contributed by atoms with E-state index >= 15 is 0 Å². The molecule has 0 radical (unpaired) electrons. The summed E-state index contributed by atoms with van der Waals surface area (Å²) >= 11 is 0. The zero-order valence-corrected chi connectivity index (χ0v) is 9.65. The van der Waals surface area contributed by atoms with Crippen LogP contribution < -0.4 is 5.73 Å². The molecule has 0 aromatic heterocycles. The zero-order valence-electron chi connectivity index (χ0n) is 9.65. The van der Waals surface area contributed by atoms with Crippen LogP contribution in [-0.4, -0.2) is 42.2 Å². The number of amides is 1. The third-order valence-corrected chi connectivity index (χ3v) is 3.49. The molecule has 0 aliphatic heterocycles. The minimum atomic E-state index is 0.0232. The summed E-state index contributed by atoms with van der Waals surface area (Å²) in [5, 5.41) is 8.78. The highest BCUT2D eigenvalue weighted by Crippen LogP contribution is 2.30. The van der Waals surface area contributed by atoms with Crippen LogP contribution in [0, 0.1) is 11.8 Å². The summed E-state index contributed by atoms with van der Waals surface area (Å²) < 4.78 is 0. The average Bonchev–Trinajstić information content (AvgIpc) is 2.21. The largest absolute Gasteiger partial charge is 0.395 e. The Morgan fingerprint density at radius 1 is 1.53 bits per heavy atom. The fourth-order valence-electron chi connectivity index (χ4n) is 2.29. The Hall–Kier alpha value is -0.610. The van der Waals surface area contributed by atoms with Crippen molar-refractivity contribution >= 4 is 5.91 Å². The molecule has 4 nitrogen and oxygen atoms in total. The van der Waals surface area contributed by atoms with Crippen molar-refractivity contribution in [3.63, 3.8) is 0 Å². The number of aliphatic hydroxyl groups is 1. The highest BCUT2D eigenvalue weighted by molar-refractivity contribution is 5.79. The fraction of sp³-hybridized carbons (Fsp3) is 0.909. The number of nitrogens with two attached hydrogens (primary N) is 1. The van der Waals surface area contributed by atoms with Gasteiger partial charge >= 0.3 is 0 Å². The van der Waals surface area contributed by atoms with Gasteiger partial charge in [0.05, 0.1) is 6.61 Å². The van der Waals surface area contributed by atoms with Crippen molar-refractivity contribution in [3.05, 3.63) is 0 Å². The molecule has 0 spiro atoms. The standard InChI is InChI=1S/C11H22N2O2/c1-8-9(4-3-5-10(8)12)11(15)13(2)6-7-14/h8-10,14H,3-7,12H2,1-2H3. The van der Waals surface area contributed by atoms with Crippen LogP contribution in [0.15, 0.2) is 0 Å². The maximum atomic E-state index is 12.0. The van der Waals surface area contributed by atoms with E-state index in [1.54, 1.807) is 11.9 Å². The molecule has 1 rings (SSSR count). The first-order valence-corrected chi connectivity index (χ1v) is 5.69. The smallest absolute Gasteiger partial charge is 0.225 e. The lowest BCUT2D eigenvalue weighted by Gasteiger charge is -2.35. The van der Waals surface area contributed by atoms with Crippen molar-refractivity contribution in [2.24, 2.45) is 17.6 Å². The Kier molecular flexibility index (Phi) is 4.54. The first-order valence-electron chi connectivity index (χ1n) is 5.69. The van der Waals surface area contributed by atoms with Gasteiger partial charge in [-0.25, -0.2) is 0 Å². The monoisotopic (exact) mass is 214 g/mol. The van der Waals surface area contributed by atoms with Crippen molar-refractivity contribution in [2.45, 2.75) is 32.2 Å². The molecule has 1 amide bonds. The third-order valence-electron chi connectivity index (χ3n) is 3.49. The van der Waals surface area contributed by atoms with E-state index in [0.717, 1.165) is 19.3 Å². The molecule has 0 aromatic rings. The summed E-state index contributed by atoms with van der Waals surface area (Å²) in [5.41, 5.74) is 5.96. The second-order valence-corrected chi connectivity index (χ2v) is 4.54. The maximum absolute atomic E-state index is 12.0. The molecule has 88 valence electrons. The number of hydrogen-bond acceptors (Lipinski definition) is 3. The Morgan fingerprint density at radius 3 is 2.80 bits per heavy atom. The van der Waals surface area contributed by atoms with Gasteiger partial charge in [0.2, 0.25) is 5.91 Å². The Balaban J connectivity index is 2.57. The molecule has 3 atom stereocenters. The third kappa shape index (κ3) is 2.92. The lowest BCUT2D eigenvalue weighted by molar-refractivity contribution is -0.137. The molecule has 0 heterocycles. The van der Waals surface area contributed by atoms with Gasteiger partial charge in [0.15, 0.2) is 0 Å². The second kappa shape index (κ2) is 5.47. The van der Waals surface area contributed by atoms with Crippen LogP contribution in [0.1, 0.15) is 26.2 Å². The van der Waals surface area contributed by atoms with Gasteiger partial charge in [0.25, 0.3) is 0 Å². The van der Waals surface area contributed by atoms with E-state index in [4.69, 9.17) is 10.8 Å². The number of carbonyl (C=O) groups is 1. The molecule has 1 aliphatic rings. The number of aliphatic hydroxyl groups excluding tert-OH is 1. The number of likely N-dealkylation sites (N-methyl/N-ethyl adjacent to an activating group) is 1. The number of hydrogen-bond donors (Lipinski definition) is 2. The molecule has 0 bridgehead atoms. The number of rotatable bonds is 3. The van der Waals surface area contributed by atoms with Gasteiger partial charge in [0, 0.05) is 25.6 Å². The predicted molar refractivity (Wildman–Crippen MR) is 59.2 cm³/mol. The van der Waals surface area contributed by atoms with Crippen LogP contribution in [0.2, 0.25) is 0 Å². The Labute approximate surface area is 91.4 Å². The topological polar surface area (TPSA) is 66.6 Å².